The average Bonchev–Trinajstić information content (AvgIpc) is 3.19. The first-order valence-electron chi connectivity index (χ1n) is 5.87. The molecule has 0 spiro atoms. The van der Waals surface area contributed by atoms with Crippen molar-refractivity contribution in [2.75, 3.05) is 6.54 Å². The molecule has 0 atom stereocenters. The number of nitro benzene ring substituents is 1. The van der Waals surface area contributed by atoms with Crippen molar-refractivity contribution < 1.29 is 19.6 Å². The first-order chi connectivity index (χ1) is 9.40. The van der Waals surface area contributed by atoms with Crippen LogP contribution in [0.2, 0.25) is 0 Å². The summed E-state index contributed by atoms with van der Waals surface area (Å²) in [7, 11) is 0. The number of hydrogen-bond acceptors (Lipinski definition) is 4. The first kappa shape index (κ1) is 14.4. The van der Waals surface area contributed by atoms with Crippen LogP contribution in [0, 0.1) is 10.1 Å². The Morgan fingerprint density at radius 3 is 2.60 bits per heavy atom. The van der Waals surface area contributed by atoms with Crippen molar-refractivity contribution in [1.82, 2.24) is 4.90 Å². The number of carboxylic acids is 1. The van der Waals surface area contributed by atoms with E-state index in [9.17, 15) is 19.7 Å². The Morgan fingerprint density at radius 2 is 2.10 bits per heavy atom. The highest BCUT2D eigenvalue weighted by Gasteiger charge is 2.34. The van der Waals surface area contributed by atoms with E-state index in [1.807, 2.05) is 0 Å². The lowest BCUT2D eigenvalue weighted by atomic mass is 10.1. The van der Waals surface area contributed by atoms with E-state index in [0.717, 1.165) is 18.9 Å². The molecule has 7 nitrogen and oxygen atoms in total. The van der Waals surface area contributed by atoms with Gasteiger partial charge in [0.2, 0.25) is 0 Å². The zero-order valence-electron chi connectivity index (χ0n) is 10.3. The van der Waals surface area contributed by atoms with Gasteiger partial charge in [0.05, 0.1) is 9.40 Å². The molecule has 2 rings (SSSR count). The molecule has 1 aliphatic carbocycles. The number of carboxylic acid groups (broad SMARTS) is 1. The number of aliphatic carboxylic acids is 1. The normalized spacial score (nSPS) is 13.8. The number of rotatable bonds is 5. The fourth-order valence-electron chi connectivity index (χ4n) is 1.85. The monoisotopic (exact) mass is 342 g/mol. The van der Waals surface area contributed by atoms with Gasteiger partial charge < -0.3 is 10.0 Å². The number of nitrogens with zero attached hydrogens (tertiary/aromatic N) is 2. The second kappa shape index (κ2) is 5.58. The van der Waals surface area contributed by atoms with Gasteiger partial charge in [-0.2, -0.15) is 0 Å². The molecule has 0 aliphatic heterocycles. The second-order valence-corrected chi connectivity index (χ2v) is 5.34. The molecule has 0 saturated heterocycles. The van der Waals surface area contributed by atoms with Gasteiger partial charge in [0.25, 0.3) is 11.6 Å². The van der Waals surface area contributed by atoms with Crippen molar-refractivity contribution in [2.24, 2.45) is 0 Å². The third kappa shape index (κ3) is 3.13. The van der Waals surface area contributed by atoms with Crippen molar-refractivity contribution in [2.45, 2.75) is 18.9 Å². The molecule has 20 heavy (non-hydrogen) atoms. The van der Waals surface area contributed by atoms with E-state index < -0.39 is 23.3 Å². The Bertz CT molecular complexity index is 585. The summed E-state index contributed by atoms with van der Waals surface area (Å²) in [4.78, 5) is 34.6. The van der Waals surface area contributed by atoms with Gasteiger partial charge in [-0.25, -0.2) is 0 Å². The number of nitro groups is 1. The van der Waals surface area contributed by atoms with Crippen LogP contribution in [-0.4, -0.2) is 39.4 Å². The summed E-state index contributed by atoms with van der Waals surface area (Å²) in [5, 5.41) is 19.7. The molecule has 0 radical (unpaired) electrons. The minimum absolute atomic E-state index is 0.0821. The molecule has 1 aromatic carbocycles. The van der Waals surface area contributed by atoms with Crippen molar-refractivity contribution in [3.63, 3.8) is 0 Å². The molecule has 1 amide bonds. The van der Waals surface area contributed by atoms with Crippen molar-refractivity contribution in [3.05, 3.63) is 38.3 Å². The number of carbonyl (C=O) groups excluding carboxylic acids is 1. The summed E-state index contributed by atoms with van der Waals surface area (Å²) in [5.41, 5.74) is -0.102. The molecule has 1 aliphatic rings. The van der Waals surface area contributed by atoms with Crippen LogP contribution < -0.4 is 0 Å². The summed E-state index contributed by atoms with van der Waals surface area (Å²) in [6.07, 6.45) is 1.52. The minimum atomic E-state index is -1.10. The van der Waals surface area contributed by atoms with E-state index in [-0.39, 0.29) is 21.8 Å². The van der Waals surface area contributed by atoms with Crippen molar-refractivity contribution in [1.29, 1.82) is 0 Å². The highest BCUT2D eigenvalue weighted by Crippen LogP contribution is 2.30. The van der Waals surface area contributed by atoms with Gasteiger partial charge in [-0.15, -0.1) is 0 Å². The molecule has 8 heteroatoms. The molecule has 1 saturated carbocycles. The van der Waals surface area contributed by atoms with Gasteiger partial charge in [0.1, 0.15) is 6.54 Å². The average molecular weight is 343 g/mol. The van der Waals surface area contributed by atoms with Crippen LogP contribution in [0.5, 0.6) is 0 Å². The van der Waals surface area contributed by atoms with Gasteiger partial charge in [0, 0.05) is 17.7 Å². The number of benzene rings is 1. The van der Waals surface area contributed by atoms with Crippen LogP contribution >= 0.6 is 15.9 Å². The fourth-order valence-corrected chi connectivity index (χ4v) is 2.24. The SMILES string of the molecule is O=C(O)CN(C(=O)c1ccc(Br)c([N+](=O)[O-])c1)C1CC1. The molecular weight excluding hydrogens is 332 g/mol. The van der Waals surface area contributed by atoms with E-state index in [4.69, 9.17) is 5.11 Å². The Labute approximate surface area is 122 Å². The smallest absolute Gasteiger partial charge is 0.323 e. The predicted octanol–water partition coefficient (Wildman–Crippen LogP) is 2.05. The van der Waals surface area contributed by atoms with Gasteiger partial charge in [-0.3, -0.25) is 19.7 Å². The largest absolute Gasteiger partial charge is 0.480 e. The van der Waals surface area contributed by atoms with Crippen LogP contribution in [-0.2, 0) is 4.79 Å². The van der Waals surface area contributed by atoms with E-state index in [1.165, 1.54) is 17.0 Å². The Hall–Kier alpha value is -1.96. The summed E-state index contributed by atoms with van der Waals surface area (Å²) in [6, 6.07) is 3.93. The number of amides is 1. The van der Waals surface area contributed by atoms with E-state index in [2.05, 4.69) is 15.9 Å². The third-order valence-electron chi connectivity index (χ3n) is 2.94. The molecule has 0 aromatic heterocycles. The maximum Gasteiger partial charge on any atom is 0.323 e. The van der Waals surface area contributed by atoms with Crippen molar-refractivity contribution >= 4 is 33.5 Å². The minimum Gasteiger partial charge on any atom is -0.480 e. The van der Waals surface area contributed by atoms with Crippen LogP contribution in [0.3, 0.4) is 0 Å². The lowest BCUT2D eigenvalue weighted by Crippen LogP contribution is -2.37. The molecule has 1 aromatic rings. The molecule has 0 bridgehead atoms. The third-order valence-corrected chi connectivity index (χ3v) is 3.61. The Morgan fingerprint density at radius 1 is 1.45 bits per heavy atom. The molecule has 1 fully saturated rings. The lowest BCUT2D eigenvalue weighted by Gasteiger charge is -2.20. The van der Waals surface area contributed by atoms with Crippen LogP contribution in [0.15, 0.2) is 22.7 Å². The first-order valence-corrected chi connectivity index (χ1v) is 6.66. The Kier molecular flexibility index (Phi) is 4.03. The number of hydrogen-bond donors (Lipinski definition) is 1. The van der Waals surface area contributed by atoms with Gasteiger partial charge in [-0.05, 0) is 40.9 Å². The predicted molar refractivity (Wildman–Crippen MR) is 72.5 cm³/mol. The molecule has 0 unspecified atom stereocenters. The quantitative estimate of drug-likeness (QED) is 0.651. The standard InChI is InChI=1S/C12H11BrN2O5/c13-9-4-1-7(5-10(9)15(19)20)12(18)14(6-11(16)17)8-2-3-8/h1,4-5,8H,2-3,6H2,(H,16,17). The fraction of sp³-hybridized carbons (Fsp3) is 0.333. The van der Waals surface area contributed by atoms with Crippen molar-refractivity contribution in [3.8, 4) is 0 Å². The summed E-state index contributed by atoms with van der Waals surface area (Å²) >= 11 is 3.04. The van der Waals surface area contributed by atoms with E-state index in [0.29, 0.717) is 0 Å². The van der Waals surface area contributed by atoms with Crippen LogP contribution in [0.4, 0.5) is 5.69 Å². The molecule has 1 N–H and O–H groups in total. The summed E-state index contributed by atoms with van der Waals surface area (Å²) in [5.74, 6) is -1.60. The number of halogens is 1. The highest BCUT2D eigenvalue weighted by atomic mass is 79.9. The van der Waals surface area contributed by atoms with Gasteiger partial charge in [-0.1, -0.05) is 0 Å². The molecule has 106 valence electrons. The molecular formula is C12H11BrN2O5. The van der Waals surface area contributed by atoms with Crippen LogP contribution in [0.25, 0.3) is 0 Å². The summed E-state index contributed by atoms with van der Waals surface area (Å²) < 4.78 is 0.273. The highest BCUT2D eigenvalue weighted by molar-refractivity contribution is 9.10. The van der Waals surface area contributed by atoms with Gasteiger partial charge in [0.15, 0.2) is 0 Å². The topological polar surface area (TPSA) is 101 Å². The van der Waals surface area contributed by atoms with E-state index in [1.54, 1.807) is 0 Å². The Balaban J connectivity index is 2.29. The zero-order chi connectivity index (χ0) is 14.9. The zero-order valence-corrected chi connectivity index (χ0v) is 11.9. The summed E-state index contributed by atoms with van der Waals surface area (Å²) in [6.45, 7) is -0.395. The van der Waals surface area contributed by atoms with E-state index >= 15 is 0 Å². The number of carbonyl (C=O) groups is 2. The van der Waals surface area contributed by atoms with Crippen LogP contribution in [0.1, 0.15) is 23.2 Å². The lowest BCUT2D eigenvalue weighted by molar-refractivity contribution is -0.385. The molecule has 0 heterocycles. The maximum absolute atomic E-state index is 12.3. The second-order valence-electron chi connectivity index (χ2n) is 4.48. The van der Waals surface area contributed by atoms with Gasteiger partial charge >= 0.3 is 5.97 Å². The maximum atomic E-state index is 12.3.